The molecule has 0 atom stereocenters. The van der Waals surface area contributed by atoms with E-state index in [2.05, 4.69) is 16.8 Å². The maximum absolute atomic E-state index is 13.7. The van der Waals surface area contributed by atoms with Crippen LogP contribution in [0.5, 0.6) is 5.75 Å². The van der Waals surface area contributed by atoms with E-state index >= 15 is 0 Å². The van der Waals surface area contributed by atoms with Crippen LogP contribution in [-0.4, -0.2) is 53.1 Å². The quantitative estimate of drug-likeness (QED) is 0.498. The highest BCUT2D eigenvalue weighted by atomic mass is 32.1. The number of hydrogen-bond donors (Lipinski definition) is 1. The first-order chi connectivity index (χ1) is 15.5. The largest absolute Gasteiger partial charge is 0.507 e. The van der Waals surface area contributed by atoms with E-state index in [1.54, 1.807) is 0 Å². The van der Waals surface area contributed by atoms with E-state index in [1.165, 1.54) is 11.3 Å². The second-order valence-corrected chi connectivity index (χ2v) is 9.57. The van der Waals surface area contributed by atoms with Gasteiger partial charge in [0.05, 0.1) is 21.2 Å². The number of likely N-dealkylation sites (N-methyl/N-ethyl adjacent to an activating group) is 1. The number of benzene rings is 2. The molecule has 4 aromatic rings. The standard InChI is InChI=1S/C25H27N3O3S/c1-4-19-21(25-26-18-7-5-6-8-20(18)32-25)23(30)17-13-16(22(29)15(2)24(17)31-19)14-28-11-9-27(3)10-12-28/h5-8,13,29H,4,9-12,14H2,1-3H3. The summed E-state index contributed by atoms with van der Waals surface area (Å²) >= 11 is 1.51. The fourth-order valence-electron chi connectivity index (χ4n) is 4.41. The first-order valence-corrected chi connectivity index (χ1v) is 11.9. The lowest BCUT2D eigenvalue weighted by Crippen LogP contribution is -2.43. The van der Waals surface area contributed by atoms with Crippen LogP contribution < -0.4 is 5.43 Å². The van der Waals surface area contributed by atoms with Crippen molar-refractivity contribution >= 4 is 32.5 Å². The van der Waals surface area contributed by atoms with Gasteiger partial charge in [0, 0.05) is 50.3 Å². The average molecular weight is 450 g/mol. The summed E-state index contributed by atoms with van der Waals surface area (Å²) in [6, 6.07) is 9.72. The Morgan fingerprint density at radius 2 is 1.94 bits per heavy atom. The smallest absolute Gasteiger partial charge is 0.203 e. The SMILES string of the molecule is CCc1oc2c(C)c(O)c(CN3CCN(C)CC3)cc2c(=O)c1-c1nc2ccccc2s1. The summed E-state index contributed by atoms with van der Waals surface area (Å²) in [5.41, 5.74) is 3.20. The minimum absolute atomic E-state index is 0.0788. The van der Waals surface area contributed by atoms with Crippen LogP contribution in [0.4, 0.5) is 0 Å². The van der Waals surface area contributed by atoms with Crippen molar-refractivity contribution in [3.8, 4) is 16.3 Å². The number of para-hydroxylation sites is 1. The Labute approximate surface area is 190 Å². The summed E-state index contributed by atoms with van der Waals surface area (Å²) in [6.45, 7) is 8.28. The van der Waals surface area contributed by atoms with Crippen molar-refractivity contribution in [3.05, 3.63) is 57.4 Å². The van der Waals surface area contributed by atoms with Gasteiger partial charge in [0.25, 0.3) is 0 Å². The topological polar surface area (TPSA) is 69.8 Å². The number of aryl methyl sites for hydroxylation is 2. The molecule has 0 spiro atoms. The van der Waals surface area contributed by atoms with Gasteiger partial charge in [-0.25, -0.2) is 4.98 Å². The summed E-state index contributed by atoms with van der Waals surface area (Å²) in [6.07, 6.45) is 0.569. The molecule has 1 aliphatic rings. The number of aromatic hydroxyl groups is 1. The Morgan fingerprint density at radius 1 is 1.19 bits per heavy atom. The van der Waals surface area contributed by atoms with Crippen LogP contribution in [0, 0.1) is 6.92 Å². The van der Waals surface area contributed by atoms with Gasteiger partial charge in [0.1, 0.15) is 22.1 Å². The number of piperazine rings is 1. The van der Waals surface area contributed by atoms with Crippen LogP contribution in [-0.2, 0) is 13.0 Å². The molecule has 1 saturated heterocycles. The van der Waals surface area contributed by atoms with Gasteiger partial charge < -0.3 is 14.4 Å². The number of fused-ring (bicyclic) bond motifs is 2. The molecule has 32 heavy (non-hydrogen) atoms. The van der Waals surface area contributed by atoms with E-state index in [9.17, 15) is 9.90 Å². The van der Waals surface area contributed by atoms with Crippen LogP contribution in [0.25, 0.3) is 31.8 Å². The second-order valence-electron chi connectivity index (χ2n) is 8.54. The van der Waals surface area contributed by atoms with Crippen molar-refractivity contribution in [2.24, 2.45) is 0 Å². The van der Waals surface area contributed by atoms with Gasteiger partial charge in [-0.2, -0.15) is 0 Å². The summed E-state index contributed by atoms with van der Waals surface area (Å²) in [5, 5.41) is 12.1. The molecule has 3 heterocycles. The van der Waals surface area contributed by atoms with E-state index in [0.717, 1.165) is 42.0 Å². The van der Waals surface area contributed by atoms with Crippen molar-refractivity contribution in [2.75, 3.05) is 33.2 Å². The Balaban J connectivity index is 1.66. The van der Waals surface area contributed by atoms with Gasteiger partial charge in [-0.3, -0.25) is 9.69 Å². The van der Waals surface area contributed by atoms with Crippen LogP contribution in [0.3, 0.4) is 0 Å². The fourth-order valence-corrected chi connectivity index (χ4v) is 5.43. The Kier molecular flexibility index (Phi) is 5.49. The molecule has 0 saturated carbocycles. The first kappa shape index (κ1) is 21.1. The van der Waals surface area contributed by atoms with Gasteiger partial charge >= 0.3 is 0 Å². The molecule has 1 N–H and O–H groups in total. The summed E-state index contributed by atoms with van der Waals surface area (Å²) < 4.78 is 7.27. The molecule has 0 aliphatic carbocycles. The predicted octanol–water partition coefficient (Wildman–Crippen LogP) is 4.39. The molecule has 0 bridgehead atoms. The molecular weight excluding hydrogens is 422 g/mol. The van der Waals surface area contributed by atoms with E-state index in [0.29, 0.717) is 45.8 Å². The van der Waals surface area contributed by atoms with Gasteiger partial charge in [0.15, 0.2) is 0 Å². The average Bonchev–Trinajstić information content (AvgIpc) is 3.22. The minimum Gasteiger partial charge on any atom is -0.507 e. The number of phenolic OH excluding ortho intramolecular Hbond substituents is 1. The Morgan fingerprint density at radius 3 is 2.66 bits per heavy atom. The zero-order chi connectivity index (χ0) is 22.4. The third-order valence-corrected chi connectivity index (χ3v) is 7.41. The molecule has 1 aliphatic heterocycles. The van der Waals surface area contributed by atoms with E-state index in [1.807, 2.05) is 44.2 Å². The molecule has 2 aromatic heterocycles. The van der Waals surface area contributed by atoms with Crippen molar-refractivity contribution in [3.63, 3.8) is 0 Å². The van der Waals surface area contributed by atoms with Crippen LogP contribution in [0.2, 0.25) is 0 Å². The molecule has 2 aromatic carbocycles. The number of aromatic nitrogens is 1. The normalized spacial score (nSPS) is 15.7. The van der Waals surface area contributed by atoms with Gasteiger partial charge in [-0.05, 0) is 32.2 Å². The predicted molar refractivity (Wildman–Crippen MR) is 130 cm³/mol. The third-order valence-electron chi connectivity index (χ3n) is 6.36. The van der Waals surface area contributed by atoms with Crippen LogP contribution >= 0.6 is 11.3 Å². The number of nitrogens with zero attached hydrogens (tertiary/aromatic N) is 3. The van der Waals surface area contributed by atoms with Crippen molar-refractivity contribution < 1.29 is 9.52 Å². The number of rotatable bonds is 4. The molecule has 0 amide bonds. The lowest BCUT2D eigenvalue weighted by Gasteiger charge is -2.32. The lowest BCUT2D eigenvalue weighted by molar-refractivity contribution is 0.147. The van der Waals surface area contributed by atoms with Gasteiger partial charge in [0.2, 0.25) is 5.43 Å². The number of thiazole rings is 1. The van der Waals surface area contributed by atoms with Gasteiger partial charge in [-0.1, -0.05) is 19.1 Å². The molecule has 1 fully saturated rings. The monoisotopic (exact) mass is 449 g/mol. The highest BCUT2D eigenvalue weighted by Crippen LogP contribution is 2.36. The molecule has 5 rings (SSSR count). The molecule has 0 unspecified atom stereocenters. The maximum atomic E-state index is 13.7. The first-order valence-electron chi connectivity index (χ1n) is 11.0. The molecule has 7 heteroatoms. The van der Waals surface area contributed by atoms with Gasteiger partial charge in [-0.15, -0.1) is 11.3 Å². The molecule has 0 radical (unpaired) electrons. The van der Waals surface area contributed by atoms with Crippen LogP contribution in [0.1, 0.15) is 23.8 Å². The second kappa shape index (κ2) is 8.31. The minimum atomic E-state index is -0.0788. The highest BCUT2D eigenvalue weighted by molar-refractivity contribution is 7.21. The van der Waals surface area contributed by atoms with Crippen LogP contribution in [0.15, 0.2) is 39.5 Å². The van der Waals surface area contributed by atoms with Crippen molar-refractivity contribution in [1.82, 2.24) is 14.8 Å². The maximum Gasteiger partial charge on any atom is 0.203 e. The number of hydrogen-bond acceptors (Lipinski definition) is 7. The number of phenols is 1. The summed E-state index contributed by atoms with van der Waals surface area (Å²) in [5.74, 6) is 0.824. The zero-order valence-corrected chi connectivity index (χ0v) is 19.5. The van der Waals surface area contributed by atoms with Crippen molar-refractivity contribution in [2.45, 2.75) is 26.8 Å². The Hall–Kier alpha value is -2.74. The summed E-state index contributed by atoms with van der Waals surface area (Å²) in [7, 11) is 2.12. The Bertz CT molecular complexity index is 1330. The fraction of sp³-hybridized carbons (Fsp3) is 0.360. The van der Waals surface area contributed by atoms with E-state index in [4.69, 9.17) is 9.40 Å². The summed E-state index contributed by atoms with van der Waals surface area (Å²) in [4.78, 5) is 23.1. The molecule has 6 nitrogen and oxygen atoms in total. The highest BCUT2D eigenvalue weighted by Gasteiger charge is 2.23. The lowest BCUT2D eigenvalue weighted by atomic mass is 10.0. The zero-order valence-electron chi connectivity index (χ0n) is 18.6. The molecule has 166 valence electrons. The third kappa shape index (κ3) is 3.60. The van der Waals surface area contributed by atoms with Crippen molar-refractivity contribution in [1.29, 1.82) is 0 Å². The van der Waals surface area contributed by atoms with E-state index < -0.39 is 0 Å². The molecular formula is C25H27N3O3S. The van der Waals surface area contributed by atoms with E-state index in [-0.39, 0.29) is 11.2 Å².